The molecule has 1 amide bonds. The van der Waals surface area contributed by atoms with Crippen molar-refractivity contribution in [3.8, 4) is 0 Å². The minimum atomic E-state index is -0.0128. The van der Waals surface area contributed by atoms with Crippen molar-refractivity contribution in [3.05, 3.63) is 29.3 Å². The van der Waals surface area contributed by atoms with Crippen LogP contribution < -0.4 is 4.90 Å². The normalized spacial score (nSPS) is 21.3. The number of aryl methyl sites for hydroxylation is 2. The average molecular weight is 282 g/mol. The van der Waals surface area contributed by atoms with Crippen molar-refractivity contribution in [1.29, 1.82) is 0 Å². The second-order valence-electron chi connectivity index (χ2n) is 4.39. The van der Waals surface area contributed by atoms with Crippen LogP contribution in [0.2, 0.25) is 0 Å². The number of piperidine rings is 1. The van der Waals surface area contributed by atoms with Gasteiger partial charge in [0.15, 0.2) is 0 Å². The average Bonchev–Trinajstić information content (AvgIpc) is 2.26. The molecule has 2 rings (SSSR count). The van der Waals surface area contributed by atoms with E-state index in [0.717, 1.165) is 25.1 Å². The lowest BCUT2D eigenvalue weighted by atomic mass is 10.1. The van der Waals surface area contributed by atoms with Crippen LogP contribution in [-0.2, 0) is 4.79 Å². The van der Waals surface area contributed by atoms with E-state index >= 15 is 0 Å². The molecule has 0 spiro atoms. The van der Waals surface area contributed by atoms with Crippen molar-refractivity contribution in [2.75, 3.05) is 11.4 Å². The third-order valence-electron chi connectivity index (χ3n) is 3.03. The van der Waals surface area contributed by atoms with Crippen LogP contribution in [0, 0.1) is 13.8 Å². The zero-order chi connectivity index (χ0) is 11.7. The van der Waals surface area contributed by atoms with Crippen molar-refractivity contribution in [2.45, 2.75) is 31.5 Å². The highest BCUT2D eigenvalue weighted by molar-refractivity contribution is 9.10. The molecule has 0 bridgehead atoms. The predicted octanol–water partition coefficient (Wildman–Crippen LogP) is 3.19. The van der Waals surface area contributed by atoms with E-state index in [4.69, 9.17) is 0 Å². The van der Waals surface area contributed by atoms with Gasteiger partial charge in [-0.05, 0) is 43.9 Å². The molecule has 1 aliphatic rings. The smallest absolute Gasteiger partial charge is 0.240 e. The van der Waals surface area contributed by atoms with E-state index < -0.39 is 0 Å². The van der Waals surface area contributed by atoms with Crippen molar-refractivity contribution in [3.63, 3.8) is 0 Å². The van der Waals surface area contributed by atoms with Crippen molar-refractivity contribution in [2.24, 2.45) is 0 Å². The third-order valence-corrected chi connectivity index (χ3v) is 3.88. The van der Waals surface area contributed by atoms with Gasteiger partial charge in [-0.3, -0.25) is 4.79 Å². The van der Waals surface area contributed by atoms with E-state index in [0.29, 0.717) is 0 Å². The second-order valence-corrected chi connectivity index (χ2v) is 5.49. The second kappa shape index (κ2) is 4.58. The number of benzene rings is 1. The zero-order valence-electron chi connectivity index (χ0n) is 9.66. The molecule has 1 unspecified atom stereocenters. The number of amides is 1. The first-order chi connectivity index (χ1) is 7.59. The van der Waals surface area contributed by atoms with E-state index in [1.165, 1.54) is 11.1 Å². The minimum Gasteiger partial charge on any atom is -0.311 e. The molecule has 1 aromatic rings. The number of alkyl halides is 1. The van der Waals surface area contributed by atoms with Gasteiger partial charge in [0.2, 0.25) is 5.91 Å². The van der Waals surface area contributed by atoms with Crippen LogP contribution in [0.4, 0.5) is 5.69 Å². The van der Waals surface area contributed by atoms with Gasteiger partial charge in [0.1, 0.15) is 0 Å². The Bertz CT molecular complexity index is 416. The number of hydrogen-bond acceptors (Lipinski definition) is 1. The number of carbonyl (C=O) groups excluding carboxylic acids is 1. The van der Waals surface area contributed by atoms with Crippen LogP contribution in [0.5, 0.6) is 0 Å². The maximum atomic E-state index is 12.1. The Balaban J connectivity index is 2.35. The minimum absolute atomic E-state index is 0.0128. The number of hydrogen-bond donors (Lipinski definition) is 0. The molecular formula is C13H16BrNO. The molecule has 0 aromatic heterocycles. The molecule has 1 aliphatic heterocycles. The van der Waals surface area contributed by atoms with Gasteiger partial charge in [0, 0.05) is 12.2 Å². The summed E-state index contributed by atoms with van der Waals surface area (Å²) < 4.78 is 0. The molecule has 0 aliphatic carbocycles. The third kappa shape index (κ3) is 2.14. The molecule has 0 saturated carbocycles. The highest BCUT2D eigenvalue weighted by Gasteiger charge is 2.28. The maximum absolute atomic E-state index is 12.1. The zero-order valence-corrected chi connectivity index (χ0v) is 11.3. The number of carbonyl (C=O) groups is 1. The topological polar surface area (TPSA) is 20.3 Å². The Hall–Kier alpha value is -0.830. The molecule has 2 nitrogen and oxygen atoms in total. The lowest BCUT2D eigenvalue weighted by Gasteiger charge is -2.31. The Kier molecular flexibility index (Phi) is 3.33. The highest BCUT2D eigenvalue weighted by atomic mass is 79.9. The SMILES string of the molecule is Cc1ccc(C)c(N2CCCC(Br)C2=O)c1. The Morgan fingerprint density at radius 3 is 2.88 bits per heavy atom. The molecular weight excluding hydrogens is 266 g/mol. The van der Waals surface area contributed by atoms with Crippen LogP contribution in [0.25, 0.3) is 0 Å². The summed E-state index contributed by atoms with van der Waals surface area (Å²) in [6.45, 7) is 4.95. The van der Waals surface area contributed by atoms with Crippen LogP contribution >= 0.6 is 15.9 Å². The van der Waals surface area contributed by atoms with Gasteiger partial charge in [0.25, 0.3) is 0 Å². The molecule has 1 heterocycles. The van der Waals surface area contributed by atoms with Crippen molar-refractivity contribution < 1.29 is 4.79 Å². The quantitative estimate of drug-likeness (QED) is 0.724. The summed E-state index contributed by atoms with van der Waals surface area (Å²) in [4.78, 5) is 14.0. The van der Waals surface area contributed by atoms with Crippen molar-refractivity contribution in [1.82, 2.24) is 0 Å². The molecule has 0 N–H and O–H groups in total. The predicted molar refractivity (Wildman–Crippen MR) is 70.2 cm³/mol. The van der Waals surface area contributed by atoms with E-state index in [-0.39, 0.29) is 10.7 Å². The van der Waals surface area contributed by atoms with Crippen LogP contribution in [0.15, 0.2) is 18.2 Å². The summed E-state index contributed by atoms with van der Waals surface area (Å²) in [6, 6.07) is 6.26. The lowest BCUT2D eigenvalue weighted by Crippen LogP contribution is -2.42. The first-order valence-corrected chi connectivity index (χ1v) is 6.54. The summed E-state index contributed by atoms with van der Waals surface area (Å²) in [5, 5.41) is 0. The summed E-state index contributed by atoms with van der Waals surface area (Å²) >= 11 is 3.44. The highest BCUT2D eigenvalue weighted by Crippen LogP contribution is 2.27. The molecule has 16 heavy (non-hydrogen) atoms. The Morgan fingerprint density at radius 2 is 2.12 bits per heavy atom. The number of rotatable bonds is 1. The molecule has 1 aromatic carbocycles. The summed E-state index contributed by atoms with van der Waals surface area (Å²) in [7, 11) is 0. The lowest BCUT2D eigenvalue weighted by molar-refractivity contribution is -0.118. The number of halogens is 1. The van der Waals surface area contributed by atoms with Crippen LogP contribution in [-0.4, -0.2) is 17.3 Å². The summed E-state index contributed by atoms with van der Waals surface area (Å²) in [5.74, 6) is 0.194. The monoisotopic (exact) mass is 281 g/mol. The molecule has 1 atom stereocenters. The first kappa shape index (κ1) is 11.6. The molecule has 86 valence electrons. The van der Waals surface area contributed by atoms with Gasteiger partial charge in [-0.15, -0.1) is 0 Å². The van der Waals surface area contributed by atoms with Gasteiger partial charge in [0.05, 0.1) is 4.83 Å². The van der Waals surface area contributed by atoms with Gasteiger partial charge in [-0.25, -0.2) is 0 Å². The molecule has 1 fully saturated rings. The van der Waals surface area contributed by atoms with E-state index in [9.17, 15) is 4.79 Å². The Morgan fingerprint density at radius 1 is 1.38 bits per heavy atom. The Labute approximate surface area is 105 Å². The molecule has 0 radical (unpaired) electrons. The standard InChI is InChI=1S/C13H16BrNO/c1-9-5-6-10(2)12(8-9)15-7-3-4-11(14)13(15)16/h5-6,8,11H,3-4,7H2,1-2H3. The van der Waals surface area contributed by atoms with E-state index in [1.54, 1.807) is 0 Å². The van der Waals surface area contributed by atoms with Crippen molar-refractivity contribution >= 4 is 27.5 Å². The van der Waals surface area contributed by atoms with E-state index in [1.807, 2.05) is 4.90 Å². The maximum Gasteiger partial charge on any atom is 0.240 e. The van der Waals surface area contributed by atoms with Gasteiger partial charge < -0.3 is 4.90 Å². The van der Waals surface area contributed by atoms with E-state index in [2.05, 4.69) is 48.0 Å². The first-order valence-electron chi connectivity index (χ1n) is 5.62. The van der Waals surface area contributed by atoms with Gasteiger partial charge in [-0.2, -0.15) is 0 Å². The fraction of sp³-hybridized carbons (Fsp3) is 0.462. The summed E-state index contributed by atoms with van der Waals surface area (Å²) in [5.41, 5.74) is 3.43. The fourth-order valence-electron chi connectivity index (χ4n) is 2.08. The fourth-order valence-corrected chi connectivity index (χ4v) is 2.65. The summed E-state index contributed by atoms with van der Waals surface area (Å²) in [6.07, 6.45) is 2.01. The molecule has 1 saturated heterocycles. The number of nitrogens with zero attached hydrogens (tertiary/aromatic N) is 1. The number of anilines is 1. The van der Waals surface area contributed by atoms with Crippen LogP contribution in [0.3, 0.4) is 0 Å². The van der Waals surface area contributed by atoms with Crippen LogP contribution in [0.1, 0.15) is 24.0 Å². The molecule has 3 heteroatoms. The van der Waals surface area contributed by atoms with Gasteiger partial charge >= 0.3 is 0 Å². The van der Waals surface area contributed by atoms with Gasteiger partial charge in [-0.1, -0.05) is 28.1 Å². The largest absolute Gasteiger partial charge is 0.311 e.